The summed E-state index contributed by atoms with van der Waals surface area (Å²) in [5, 5.41) is 0. The molecule has 0 saturated carbocycles. The predicted molar refractivity (Wildman–Crippen MR) is 108 cm³/mol. The standard InChI is InChI=1S/C23H28N2O3/c1-27-19-7-8-20-18(16-19)9-14-28-23(20)10-12-25(13-11-23)22(26)21(24)15-17-5-3-2-4-6-17/h2-8,16,21H,9-15,24H2,1H3/t21-/m1/s1. The van der Waals surface area contributed by atoms with Crippen LogP contribution in [0.4, 0.5) is 0 Å². The van der Waals surface area contributed by atoms with Gasteiger partial charge in [-0.15, -0.1) is 0 Å². The summed E-state index contributed by atoms with van der Waals surface area (Å²) in [7, 11) is 1.69. The Morgan fingerprint density at radius 1 is 1.21 bits per heavy atom. The quantitative estimate of drug-likeness (QED) is 0.886. The van der Waals surface area contributed by atoms with Gasteiger partial charge in [-0.1, -0.05) is 36.4 Å². The molecule has 28 heavy (non-hydrogen) atoms. The van der Waals surface area contributed by atoms with E-state index in [0.717, 1.165) is 30.6 Å². The molecule has 1 saturated heterocycles. The van der Waals surface area contributed by atoms with E-state index in [1.54, 1.807) is 7.11 Å². The van der Waals surface area contributed by atoms with Crippen molar-refractivity contribution in [1.82, 2.24) is 4.90 Å². The summed E-state index contributed by atoms with van der Waals surface area (Å²) >= 11 is 0. The molecule has 0 radical (unpaired) electrons. The van der Waals surface area contributed by atoms with Crippen molar-refractivity contribution in [2.75, 3.05) is 26.8 Å². The second-order valence-corrected chi connectivity index (χ2v) is 7.74. The van der Waals surface area contributed by atoms with Crippen molar-refractivity contribution >= 4 is 5.91 Å². The normalized spacial score (nSPS) is 19.1. The number of hydrogen-bond donors (Lipinski definition) is 1. The van der Waals surface area contributed by atoms with Crippen LogP contribution in [0.25, 0.3) is 0 Å². The van der Waals surface area contributed by atoms with E-state index in [1.165, 1.54) is 11.1 Å². The van der Waals surface area contributed by atoms with Crippen LogP contribution in [-0.4, -0.2) is 43.7 Å². The summed E-state index contributed by atoms with van der Waals surface area (Å²) < 4.78 is 11.7. The van der Waals surface area contributed by atoms with Crippen LogP contribution in [0.3, 0.4) is 0 Å². The number of nitrogens with zero attached hydrogens (tertiary/aromatic N) is 1. The molecule has 2 aromatic rings. The number of ether oxygens (including phenoxy) is 2. The van der Waals surface area contributed by atoms with E-state index in [2.05, 4.69) is 12.1 Å². The van der Waals surface area contributed by atoms with E-state index < -0.39 is 6.04 Å². The van der Waals surface area contributed by atoms with Crippen molar-refractivity contribution in [3.05, 3.63) is 65.2 Å². The molecule has 0 bridgehead atoms. The Labute approximate surface area is 166 Å². The largest absolute Gasteiger partial charge is 0.497 e. The molecule has 0 unspecified atom stereocenters. The van der Waals surface area contributed by atoms with Crippen LogP contribution in [-0.2, 0) is 28.0 Å². The third-order valence-corrected chi connectivity index (χ3v) is 6.05. The first-order valence-corrected chi connectivity index (χ1v) is 10.0. The molecule has 1 amide bonds. The molecule has 0 aromatic heterocycles. The Morgan fingerprint density at radius 3 is 2.68 bits per heavy atom. The monoisotopic (exact) mass is 380 g/mol. The van der Waals surface area contributed by atoms with Crippen LogP contribution in [0.2, 0.25) is 0 Å². The van der Waals surface area contributed by atoms with Crippen LogP contribution in [0.1, 0.15) is 29.5 Å². The summed E-state index contributed by atoms with van der Waals surface area (Å²) in [5.41, 5.74) is 9.57. The van der Waals surface area contributed by atoms with Gasteiger partial charge in [0.05, 0.1) is 25.4 Å². The van der Waals surface area contributed by atoms with E-state index in [0.29, 0.717) is 26.1 Å². The number of nitrogens with two attached hydrogens (primary N) is 1. The summed E-state index contributed by atoms with van der Waals surface area (Å²) in [6.45, 7) is 2.06. The number of piperidine rings is 1. The van der Waals surface area contributed by atoms with Gasteiger partial charge in [0, 0.05) is 13.1 Å². The smallest absolute Gasteiger partial charge is 0.239 e. The van der Waals surface area contributed by atoms with Crippen molar-refractivity contribution in [3.63, 3.8) is 0 Å². The number of hydrogen-bond acceptors (Lipinski definition) is 4. The second-order valence-electron chi connectivity index (χ2n) is 7.74. The fraction of sp³-hybridized carbons (Fsp3) is 0.435. The number of rotatable bonds is 4. The van der Waals surface area contributed by atoms with Crippen molar-refractivity contribution in [3.8, 4) is 5.75 Å². The van der Waals surface area contributed by atoms with E-state index >= 15 is 0 Å². The van der Waals surface area contributed by atoms with Crippen LogP contribution in [0.5, 0.6) is 5.75 Å². The van der Waals surface area contributed by atoms with Gasteiger partial charge in [0.2, 0.25) is 5.91 Å². The molecule has 1 fully saturated rings. The highest BCUT2D eigenvalue weighted by molar-refractivity contribution is 5.82. The molecule has 2 aliphatic heterocycles. The minimum absolute atomic E-state index is 0.0319. The number of carbonyl (C=O) groups is 1. The van der Waals surface area contributed by atoms with Gasteiger partial charge in [-0.2, -0.15) is 0 Å². The lowest BCUT2D eigenvalue weighted by Crippen LogP contribution is -2.52. The van der Waals surface area contributed by atoms with Crippen molar-refractivity contribution in [2.45, 2.75) is 37.3 Å². The fourth-order valence-corrected chi connectivity index (χ4v) is 4.47. The van der Waals surface area contributed by atoms with Crippen LogP contribution in [0, 0.1) is 0 Å². The summed E-state index contributed by atoms with van der Waals surface area (Å²) in [4.78, 5) is 14.7. The van der Waals surface area contributed by atoms with Crippen molar-refractivity contribution in [2.24, 2.45) is 5.73 Å². The zero-order valence-electron chi connectivity index (χ0n) is 16.4. The molecular weight excluding hydrogens is 352 g/mol. The highest BCUT2D eigenvalue weighted by Gasteiger charge is 2.42. The third kappa shape index (κ3) is 3.64. The Kier molecular flexibility index (Phi) is 5.38. The van der Waals surface area contributed by atoms with Gasteiger partial charge < -0.3 is 20.1 Å². The van der Waals surface area contributed by atoms with Gasteiger partial charge in [-0.3, -0.25) is 4.79 Å². The summed E-state index contributed by atoms with van der Waals surface area (Å²) in [6, 6.07) is 15.7. The zero-order valence-corrected chi connectivity index (χ0v) is 16.4. The fourth-order valence-electron chi connectivity index (χ4n) is 4.47. The number of amides is 1. The zero-order chi connectivity index (χ0) is 19.6. The minimum atomic E-state index is -0.500. The SMILES string of the molecule is COc1ccc2c(c1)CCOC21CCN(C(=O)[C@H](N)Cc2ccccc2)CC1. The molecule has 2 N–H and O–H groups in total. The summed E-state index contributed by atoms with van der Waals surface area (Å²) in [6.07, 6.45) is 3.07. The molecule has 1 atom stereocenters. The minimum Gasteiger partial charge on any atom is -0.497 e. The highest BCUT2D eigenvalue weighted by Crippen LogP contribution is 2.42. The lowest BCUT2D eigenvalue weighted by molar-refractivity contribution is -0.142. The lowest BCUT2D eigenvalue weighted by Gasteiger charge is -2.45. The van der Waals surface area contributed by atoms with Crippen molar-refractivity contribution in [1.29, 1.82) is 0 Å². The maximum absolute atomic E-state index is 12.8. The molecule has 0 aliphatic carbocycles. The molecule has 5 nitrogen and oxygen atoms in total. The third-order valence-electron chi connectivity index (χ3n) is 6.05. The lowest BCUT2D eigenvalue weighted by atomic mass is 9.79. The van der Waals surface area contributed by atoms with Crippen LogP contribution >= 0.6 is 0 Å². The number of fused-ring (bicyclic) bond motifs is 2. The van der Waals surface area contributed by atoms with Gasteiger partial charge in [-0.25, -0.2) is 0 Å². The van der Waals surface area contributed by atoms with E-state index in [1.807, 2.05) is 41.3 Å². The average Bonchev–Trinajstić information content (AvgIpc) is 2.74. The molecule has 2 aliphatic rings. The van der Waals surface area contributed by atoms with Crippen LogP contribution in [0.15, 0.2) is 48.5 Å². The summed E-state index contributed by atoms with van der Waals surface area (Å²) in [5.74, 6) is 0.916. The first kappa shape index (κ1) is 19.0. The Morgan fingerprint density at radius 2 is 1.96 bits per heavy atom. The van der Waals surface area contributed by atoms with Gasteiger partial charge in [-0.05, 0) is 54.5 Å². The first-order chi connectivity index (χ1) is 13.6. The number of benzene rings is 2. The van der Waals surface area contributed by atoms with Crippen LogP contribution < -0.4 is 10.5 Å². The molecule has 5 heteroatoms. The highest BCUT2D eigenvalue weighted by atomic mass is 16.5. The van der Waals surface area contributed by atoms with E-state index in [-0.39, 0.29) is 11.5 Å². The first-order valence-electron chi connectivity index (χ1n) is 10.0. The molecule has 1 spiro atoms. The Bertz CT molecular complexity index is 829. The molecule has 2 aromatic carbocycles. The van der Waals surface area contributed by atoms with Gasteiger partial charge in [0.1, 0.15) is 5.75 Å². The maximum Gasteiger partial charge on any atom is 0.239 e. The van der Waals surface area contributed by atoms with Gasteiger partial charge >= 0.3 is 0 Å². The Balaban J connectivity index is 1.43. The predicted octanol–water partition coefficient (Wildman–Crippen LogP) is 2.66. The van der Waals surface area contributed by atoms with E-state index in [9.17, 15) is 4.79 Å². The Hall–Kier alpha value is -2.37. The van der Waals surface area contributed by atoms with Crippen molar-refractivity contribution < 1.29 is 14.3 Å². The average molecular weight is 380 g/mol. The van der Waals surface area contributed by atoms with E-state index in [4.69, 9.17) is 15.2 Å². The number of methoxy groups -OCH3 is 1. The molecule has 4 rings (SSSR count). The van der Waals surface area contributed by atoms with Gasteiger partial charge in [0.25, 0.3) is 0 Å². The second kappa shape index (κ2) is 7.94. The maximum atomic E-state index is 12.8. The molecule has 2 heterocycles. The van der Waals surface area contributed by atoms with Gasteiger partial charge in [0.15, 0.2) is 0 Å². The number of carbonyl (C=O) groups excluding carboxylic acids is 1. The molecule has 148 valence electrons. The topological polar surface area (TPSA) is 64.8 Å². The molecular formula is C23H28N2O3. The number of likely N-dealkylation sites (tertiary alicyclic amines) is 1.